The van der Waals surface area contributed by atoms with Crippen LogP contribution in [0, 0.1) is 11.6 Å². The molecule has 4 heteroatoms. The van der Waals surface area contributed by atoms with Gasteiger partial charge in [0.1, 0.15) is 11.6 Å². The summed E-state index contributed by atoms with van der Waals surface area (Å²) in [6.45, 7) is 2.58. The lowest BCUT2D eigenvalue weighted by Crippen LogP contribution is -2.30. The van der Waals surface area contributed by atoms with E-state index in [1.54, 1.807) is 0 Å². The predicted octanol–water partition coefficient (Wildman–Crippen LogP) is 2.54. The van der Waals surface area contributed by atoms with Crippen LogP contribution in [0.4, 0.5) is 8.78 Å². The first kappa shape index (κ1) is 13.4. The lowest BCUT2D eigenvalue weighted by atomic mass is 10.1. The molecule has 1 atom stereocenters. The number of nitrogens with zero attached hydrogens (tertiary/aromatic N) is 1. The zero-order chi connectivity index (χ0) is 13.0. The van der Waals surface area contributed by atoms with Crippen LogP contribution < -0.4 is 5.32 Å². The smallest absolute Gasteiger partial charge is 0.127 e. The fourth-order valence-corrected chi connectivity index (χ4v) is 2.38. The minimum absolute atomic E-state index is 0.338. The molecule has 1 aromatic carbocycles. The van der Waals surface area contributed by atoms with Gasteiger partial charge in [0, 0.05) is 18.2 Å². The third-order valence-corrected chi connectivity index (χ3v) is 3.54. The average molecular weight is 254 g/mol. The van der Waals surface area contributed by atoms with Crippen molar-refractivity contribution in [1.82, 2.24) is 10.2 Å². The summed E-state index contributed by atoms with van der Waals surface area (Å²) in [6.07, 6.45) is 3.31. The molecule has 100 valence electrons. The van der Waals surface area contributed by atoms with E-state index in [4.69, 9.17) is 0 Å². The molecular weight excluding hydrogens is 234 g/mol. The highest BCUT2D eigenvalue weighted by Gasteiger charge is 2.14. The van der Waals surface area contributed by atoms with Gasteiger partial charge in [-0.2, -0.15) is 0 Å². The Hall–Kier alpha value is -1.00. The summed E-state index contributed by atoms with van der Waals surface area (Å²) >= 11 is 0. The summed E-state index contributed by atoms with van der Waals surface area (Å²) in [5, 5.41) is 3.33. The van der Waals surface area contributed by atoms with Crippen molar-refractivity contribution in [2.24, 2.45) is 0 Å². The molecule has 0 amide bonds. The van der Waals surface area contributed by atoms with Crippen molar-refractivity contribution in [2.75, 3.05) is 20.1 Å². The second-order valence-electron chi connectivity index (χ2n) is 5.05. The van der Waals surface area contributed by atoms with Crippen LogP contribution in [-0.4, -0.2) is 31.1 Å². The van der Waals surface area contributed by atoms with Crippen LogP contribution in [-0.2, 0) is 6.54 Å². The lowest BCUT2D eigenvalue weighted by molar-refractivity contribution is 0.343. The number of hydrogen-bond acceptors (Lipinski definition) is 2. The maximum atomic E-state index is 13.5. The first-order valence-corrected chi connectivity index (χ1v) is 6.51. The van der Waals surface area contributed by atoms with Crippen LogP contribution in [0.1, 0.15) is 24.8 Å². The summed E-state index contributed by atoms with van der Waals surface area (Å²) in [6, 6.07) is 4.01. The third-order valence-electron chi connectivity index (χ3n) is 3.54. The summed E-state index contributed by atoms with van der Waals surface area (Å²) in [5.74, 6) is -0.719. The quantitative estimate of drug-likeness (QED) is 0.891. The molecule has 1 heterocycles. The molecule has 1 aliphatic rings. The molecule has 2 nitrogen and oxygen atoms in total. The lowest BCUT2D eigenvalue weighted by Gasteiger charge is -2.17. The zero-order valence-corrected chi connectivity index (χ0v) is 10.8. The highest BCUT2D eigenvalue weighted by molar-refractivity contribution is 5.18. The van der Waals surface area contributed by atoms with Gasteiger partial charge in [-0.25, -0.2) is 8.78 Å². The van der Waals surface area contributed by atoms with Gasteiger partial charge in [0.15, 0.2) is 0 Å². The van der Waals surface area contributed by atoms with Gasteiger partial charge in [-0.1, -0.05) is 0 Å². The van der Waals surface area contributed by atoms with Crippen LogP contribution in [0.3, 0.4) is 0 Å². The van der Waals surface area contributed by atoms with Gasteiger partial charge in [0.2, 0.25) is 0 Å². The van der Waals surface area contributed by atoms with Crippen molar-refractivity contribution >= 4 is 0 Å². The van der Waals surface area contributed by atoms with Gasteiger partial charge in [-0.15, -0.1) is 0 Å². The molecule has 2 rings (SSSR count). The largest absolute Gasteiger partial charge is 0.310 e. The number of benzene rings is 1. The molecule has 1 aliphatic heterocycles. The fourth-order valence-electron chi connectivity index (χ4n) is 2.38. The standard InChI is InChI=1S/C14H20F2N2/c1-18-7-2-3-13(6-8-18)17-10-11-9-12(15)4-5-14(11)16/h4-5,9,13,17H,2-3,6-8,10H2,1H3. The van der Waals surface area contributed by atoms with Crippen molar-refractivity contribution in [1.29, 1.82) is 0 Å². The Morgan fingerprint density at radius 3 is 2.94 bits per heavy atom. The van der Waals surface area contributed by atoms with E-state index in [0.29, 0.717) is 18.2 Å². The van der Waals surface area contributed by atoms with E-state index in [2.05, 4.69) is 17.3 Å². The molecule has 0 spiro atoms. The topological polar surface area (TPSA) is 15.3 Å². The van der Waals surface area contributed by atoms with Crippen LogP contribution in [0.5, 0.6) is 0 Å². The molecule has 1 aromatic rings. The zero-order valence-electron chi connectivity index (χ0n) is 10.8. The van der Waals surface area contributed by atoms with Crippen LogP contribution in [0.15, 0.2) is 18.2 Å². The Morgan fingerprint density at radius 1 is 1.28 bits per heavy atom. The minimum atomic E-state index is -0.381. The van der Waals surface area contributed by atoms with Crippen molar-refractivity contribution < 1.29 is 8.78 Å². The molecular formula is C14H20F2N2. The highest BCUT2D eigenvalue weighted by atomic mass is 19.1. The number of hydrogen-bond donors (Lipinski definition) is 1. The highest BCUT2D eigenvalue weighted by Crippen LogP contribution is 2.13. The Morgan fingerprint density at radius 2 is 2.11 bits per heavy atom. The summed E-state index contributed by atoms with van der Waals surface area (Å²) in [4.78, 5) is 2.31. The number of rotatable bonds is 3. The molecule has 18 heavy (non-hydrogen) atoms. The summed E-state index contributed by atoms with van der Waals surface area (Å²) in [5.41, 5.74) is 0.410. The molecule has 1 unspecified atom stereocenters. The van der Waals surface area contributed by atoms with E-state index in [9.17, 15) is 8.78 Å². The fraction of sp³-hybridized carbons (Fsp3) is 0.571. The van der Waals surface area contributed by atoms with Gasteiger partial charge >= 0.3 is 0 Å². The van der Waals surface area contributed by atoms with E-state index in [0.717, 1.165) is 38.4 Å². The van der Waals surface area contributed by atoms with E-state index in [1.165, 1.54) is 12.1 Å². The van der Waals surface area contributed by atoms with Crippen molar-refractivity contribution in [3.8, 4) is 0 Å². The number of nitrogens with one attached hydrogen (secondary N) is 1. The second-order valence-corrected chi connectivity index (χ2v) is 5.05. The molecule has 1 fully saturated rings. The second kappa shape index (κ2) is 6.25. The Kier molecular flexibility index (Phi) is 4.66. The van der Waals surface area contributed by atoms with Gasteiger partial charge in [-0.3, -0.25) is 0 Å². The van der Waals surface area contributed by atoms with E-state index < -0.39 is 0 Å². The maximum Gasteiger partial charge on any atom is 0.127 e. The Labute approximate surface area is 107 Å². The van der Waals surface area contributed by atoms with Crippen molar-refractivity contribution in [3.63, 3.8) is 0 Å². The summed E-state index contributed by atoms with van der Waals surface area (Å²) < 4.78 is 26.5. The van der Waals surface area contributed by atoms with E-state index in [-0.39, 0.29) is 11.6 Å². The molecule has 1 saturated heterocycles. The first-order valence-electron chi connectivity index (χ1n) is 6.51. The summed E-state index contributed by atoms with van der Waals surface area (Å²) in [7, 11) is 2.12. The molecule has 0 aromatic heterocycles. The minimum Gasteiger partial charge on any atom is -0.310 e. The maximum absolute atomic E-state index is 13.5. The van der Waals surface area contributed by atoms with Crippen LogP contribution in [0.2, 0.25) is 0 Å². The normalized spacial score (nSPS) is 21.8. The molecule has 0 aliphatic carbocycles. The SMILES string of the molecule is CN1CCCC(NCc2cc(F)ccc2F)CC1. The first-order chi connectivity index (χ1) is 8.65. The van der Waals surface area contributed by atoms with Crippen molar-refractivity contribution in [3.05, 3.63) is 35.4 Å². The van der Waals surface area contributed by atoms with Gasteiger partial charge in [-0.05, 0) is 57.6 Å². The van der Waals surface area contributed by atoms with E-state index >= 15 is 0 Å². The third kappa shape index (κ3) is 3.75. The predicted molar refractivity (Wildman–Crippen MR) is 68.3 cm³/mol. The van der Waals surface area contributed by atoms with Gasteiger partial charge in [0.25, 0.3) is 0 Å². The van der Waals surface area contributed by atoms with Gasteiger partial charge < -0.3 is 10.2 Å². The molecule has 1 N–H and O–H groups in total. The monoisotopic (exact) mass is 254 g/mol. The van der Waals surface area contributed by atoms with Crippen LogP contribution >= 0.6 is 0 Å². The van der Waals surface area contributed by atoms with Crippen LogP contribution in [0.25, 0.3) is 0 Å². The Balaban J connectivity index is 1.88. The number of likely N-dealkylation sites (tertiary alicyclic amines) is 1. The average Bonchev–Trinajstić information content (AvgIpc) is 2.55. The molecule has 0 saturated carbocycles. The molecule has 0 bridgehead atoms. The van der Waals surface area contributed by atoms with Gasteiger partial charge in [0.05, 0.1) is 0 Å². The molecule has 0 radical (unpaired) electrons. The van der Waals surface area contributed by atoms with E-state index in [1.807, 2.05) is 0 Å². The van der Waals surface area contributed by atoms with Crippen molar-refractivity contribution in [2.45, 2.75) is 31.8 Å². The Bertz CT molecular complexity index is 395. The number of halogens is 2.